The van der Waals surface area contributed by atoms with Crippen LogP contribution in [-0.4, -0.2) is 15.0 Å². The summed E-state index contributed by atoms with van der Waals surface area (Å²) in [4.78, 5) is 12.7. The molecule has 5 N–H and O–H groups in total. The third-order valence-corrected chi connectivity index (χ3v) is 3.90. The van der Waals surface area contributed by atoms with Crippen LogP contribution in [0.25, 0.3) is 0 Å². The summed E-state index contributed by atoms with van der Waals surface area (Å²) in [5.41, 5.74) is 14.6. The van der Waals surface area contributed by atoms with Crippen molar-refractivity contribution in [3.63, 3.8) is 0 Å². The van der Waals surface area contributed by atoms with E-state index < -0.39 is 0 Å². The third-order valence-electron chi connectivity index (χ3n) is 3.12. The molecule has 1 atom stereocenters. The number of hydrogen-bond donors (Lipinski definition) is 3. The minimum absolute atomic E-state index is 0.160. The largest absolute Gasteiger partial charge is 0.399 e. The van der Waals surface area contributed by atoms with Gasteiger partial charge in [0.15, 0.2) is 5.13 Å². The molecule has 0 aliphatic rings. The van der Waals surface area contributed by atoms with Crippen LogP contribution in [0.1, 0.15) is 17.3 Å². The van der Waals surface area contributed by atoms with Gasteiger partial charge in [-0.25, -0.2) is 15.0 Å². The van der Waals surface area contributed by atoms with Crippen LogP contribution >= 0.6 is 11.3 Å². The number of nitrogen functional groups attached to an aromatic ring is 1. The molecule has 1 aromatic carbocycles. The van der Waals surface area contributed by atoms with Gasteiger partial charge in [-0.3, -0.25) is 0 Å². The number of anilines is 3. The lowest BCUT2D eigenvalue weighted by Crippen LogP contribution is -2.13. The first-order valence-corrected chi connectivity index (χ1v) is 7.68. The van der Waals surface area contributed by atoms with E-state index in [1.165, 1.54) is 11.3 Å². The number of rotatable bonds is 5. The zero-order valence-corrected chi connectivity index (χ0v) is 12.6. The molecule has 0 radical (unpaired) electrons. The maximum Gasteiger partial charge on any atom is 0.228 e. The van der Waals surface area contributed by atoms with E-state index in [1.54, 1.807) is 18.5 Å². The highest BCUT2D eigenvalue weighted by Crippen LogP contribution is 2.23. The Morgan fingerprint density at radius 2 is 1.86 bits per heavy atom. The molecular weight excluding hydrogens is 296 g/mol. The van der Waals surface area contributed by atoms with E-state index in [0.29, 0.717) is 12.4 Å². The van der Waals surface area contributed by atoms with E-state index in [9.17, 15) is 0 Å². The second-order valence-electron chi connectivity index (χ2n) is 4.83. The predicted molar refractivity (Wildman–Crippen MR) is 88.9 cm³/mol. The summed E-state index contributed by atoms with van der Waals surface area (Å²) in [6.45, 7) is 0. The minimum atomic E-state index is -0.160. The summed E-state index contributed by atoms with van der Waals surface area (Å²) < 4.78 is 0. The number of nitrogens with one attached hydrogen (secondary N) is 1. The molecule has 0 bridgehead atoms. The fraction of sp³-hybridized carbons (Fsp3) is 0.133. The van der Waals surface area contributed by atoms with Gasteiger partial charge in [-0.1, -0.05) is 12.1 Å². The zero-order chi connectivity index (χ0) is 15.4. The van der Waals surface area contributed by atoms with Crippen molar-refractivity contribution in [1.29, 1.82) is 0 Å². The van der Waals surface area contributed by atoms with E-state index in [-0.39, 0.29) is 6.04 Å². The van der Waals surface area contributed by atoms with Crippen molar-refractivity contribution in [2.75, 3.05) is 11.1 Å². The highest BCUT2D eigenvalue weighted by molar-refractivity contribution is 7.13. The molecule has 0 saturated carbocycles. The third kappa shape index (κ3) is 3.57. The predicted octanol–water partition coefficient (Wildman–Crippen LogP) is 2.50. The minimum Gasteiger partial charge on any atom is -0.399 e. The van der Waals surface area contributed by atoms with Gasteiger partial charge in [-0.15, -0.1) is 11.3 Å². The fourth-order valence-corrected chi connectivity index (χ4v) is 2.75. The number of aromatic nitrogens is 3. The average molecular weight is 312 g/mol. The van der Waals surface area contributed by atoms with Gasteiger partial charge in [-0.05, 0) is 30.2 Å². The summed E-state index contributed by atoms with van der Waals surface area (Å²) in [7, 11) is 0. The van der Waals surface area contributed by atoms with Crippen molar-refractivity contribution in [2.24, 2.45) is 5.73 Å². The standard InChI is InChI=1S/C15H16N6S/c16-11-4-2-10(3-5-11)8-12(17)13-9-22-15(20-13)21-14-18-6-1-7-19-14/h1-7,9,12H,8,16-17H2,(H,18,19,20,21). The van der Waals surface area contributed by atoms with Crippen molar-refractivity contribution in [3.05, 3.63) is 59.4 Å². The molecule has 7 heteroatoms. The van der Waals surface area contributed by atoms with Crippen LogP contribution in [0.5, 0.6) is 0 Å². The molecule has 3 rings (SSSR count). The molecule has 3 aromatic rings. The Balaban J connectivity index is 1.66. The Morgan fingerprint density at radius 1 is 1.14 bits per heavy atom. The molecule has 0 aliphatic heterocycles. The second kappa shape index (κ2) is 6.50. The molecule has 112 valence electrons. The molecule has 0 spiro atoms. The molecule has 0 saturated heterocycles. The van der Waals surface area contributed by atoms with E-state index in [0.717, 1.165) is 22.1 Å². The van der Waals surface area contributed by atoms with Crippen LogP contribution in [0.2, 0.25) is 0 Å². The molecule has 6 nitrogen and oxygen atoms in total. The number of hydrogen-bond acceptors (Lipinski definition) is 7. The van der Waals surface area contributed by atoms with Gasteiger partial charge >= 0.3 is 0 Å². The lowest BCUT2D eigenvalue weighted by Gasteiger charge is -2.09. The lowest BCUT2D eigenvalue weighted by molar-refractivity contribution is 0.702. The van der Waals surface area contributed by atoms with Gasteiger partial charge in [0.25, 0.3) is 0 Å². The first-order valence-electron chi connectivity index (χ1n) is 6.80. The number of nitrogens with two attached hydrogens (primary N) is 2. The summed E-state index contributed by atoms with van der Waals surface area (Å²) in [5.74, 6) is 0.524. The van der Waals surface area contributed by atoms with Gasteiger partial charge < -0.3 is 16.8 Å². The zero-order valence-electron chi connectivity index (χ0n) is 11.8. The number of benzene rings is 1. The van der Waals surface area contributed by atoms with Gasteiger partial charge in [0.2, 0.25) is 5.95 Å². The Hall–Kier alpha value is -2.51. The number of thiazole rings is 1. The van der Waals surface area contributed by atoms with Crippen molar-refractivity contribution in [3.8, 4) is 0 Å². The molecule has 0 fully saturated rings. The maximum atomic E-state index is 6.23. The number of nitrogens with zero attached hydrogens (tertiary/aromatic N) is 3. The maximum absolute atomic E-state index is 6.23. The van der Waals surface area contributed by atoms with Crippen LogP contribution in [0.15, 0.2) is 48.1 Å². The van der Waals surface area contributed by atoms with Crippen LogP contribution in [0.4, 0.5) is 16.8 Å². The Morgan fingerprint density at radius 3 is 2.59 bits per heavy atom. The monoisotopic (exact) mass is 312 g/mol. The molecule has 0 amide bonds. The Labute approximate surface area is 132 Å². The first-order chi connectivity index (χ1) is 10.7. The van der Waals surface area contributed by atoms with Crippen LogP contribution < -0.4 is 16.8 Å². The highest BCUT2D eigenvalue weighted by atomic mass is 32.1. The normalized spacial score (nSPS) is 12.0. The lowest BCUT2D eigenvalue weighted by atomic mass is 10.0. The van der Waals surface area contributed by atoms with E-state index >= 15 is 0 Å². The van der Waals surface area contributed by atoms with Crippen molar-refractivity contribution in [2.45, 2.75) is 12.5 Å². The van der Waals surface area contributed by atoms with Crippen molar-refractivity contribution < 1.29 is 0 Å². The summed E-state index contributed by atoms with van der Waals surface area (Å²) in [6.07, 6.45) is 4.07. The highest BCUT2D eigenvalue weighted by Gasteiger charge is 2.12. The molecule has 22 heavy (non-hydrogen) atoms. The topological polar surface area (TPSA) is 103 Å². The van der Waals surface area contributed by atoms with E-state index in [2.05, 4.69) is 20.3 Å². The van der Waals surface area contributed by atoms with E-state index in [4.69, 9.17) is 11.5 Å². The Kier molecular flexibility index (Phi) is 4.27. The van der Waals surface area contributed by atoms with Crippen LogP contribution in [0, 0.1) is 0 Å². The summed E-state index contributed by atoms with van der Waals surface area (Å²) in [5, 5.41) is 5.75. The fourth-order valence-electron chi connectivity index (χ4n) is 1.99. The second-order valence-corrected chi connectivity index (χ2v) is 5.69. The first kappa shape index (κ1) is 14.4. The van der Waals surface area contributed by atoms with Crippen LogP contribution in [0.3, 0.4) is 0 Å². The van der Waals surface area contributed by atoms with Crippen molar-refractivity contribution in [1.82, 2.24) is 15.0 Å². The molecule has 0 aliphatic carbocycles. The van der Waals surface area contributed by atoms with Crippen molar-refractivity contribution >= 4 is 28.1 Å². The quantitative estimate of drug-likeness (QED) is 0.625. The Bertz CT molecular complexity index is 725. The van der Waals surface area contributed by atoms with Gasteiger partial charge in [0.05, 0.1) is 11.7 Å². The summed E-state index contributed by atoms with van der Waals surface area (Å²) >= 11 is 1.48. The van der Waals surface area contributed by atoms with Gasteiger partial charge in [-0.2, -0.15) is 0 Å². The van der Waals surface area contributed by atoms with Gasteiger partial charge in [0, 0.05) is 23.5 Å². The molecular formula is C15H16N6S. The summed E-state index contributed by atoms with van der Waals surface area (Å²) in [6, 6.07) is 9.33. The molecule has 2 aromatic heterocycles. The molecule has 2 heterocycles. The molecule has 1 unspecified atom stereocenters. The smallest absolute Gasteiger partial charge is 0.228 e. The van der Waals surface area contributed by atoms with Crippen LogP contribution in [-0.2, 0) is 6.42 Å². The SMILES string of the molecule is Nc1ccc(CC(N)c2csc(Nc3ncccn3)n2)cc1. The van der Waals surface area contributed by atoms with E-state index in [1.807, 2.05) is 29.6 Å². The van der Waals surface area contributed by atoms with Gasteiger partial charge in [0.1, 0.15) is 0 Å². The average Bonchev–Trinajstić information content (AvgIpc) is 2.99.